The van der Waals surface area contributed by atoms with Crippen molar-refractivity contribution < 1.29 is 42.3 Å². The van der Waals surface area contributed by atoms with Crippen LogP contribution in [0.4, 0.5) is 24.5 Å². The molecule has 20 heteroatoms. The molecule has 0 bridgehead atoms. The van der Waals surface area contributed by atoms with Gasteiger partial charge in [-0.2, -0.15) is 13.2 Å². The number of alkyl halides is 3. The van der Waals surface area contributed by atoms with Gasteiger partial charge in [0.05, 0.1) is 50.7 Å². The Morgan fingerprint density at radius 3 is 2.04 bits per heavy atom. The lowest BCUT2D eigenvalue weighted by Gasteiger charge is -2.35. The molecule has 482 valence electrons. The lowest BCUT2D eigenvalue weighted by atomic mass is 9.76. The first kappa shape index (κ1) is 68.3. The number of nitrogens with zero attached hydrogens (tertiary/aromatic N) is 6. The number of carbonyl (C=O) groups excluding carboxylic acids is 5. The van der Waals surface area contributed by atoms with Crippen LogP contribution in [0.15, 0.2) is 89.3 Å². The van der Waals surface area contributed by atoms with Crippen LogP contribution in [0.25, 0.3) is 21.6 Å². The summed E-state index contributed by atoms with van der Waals surface area (Å²) in [4.78, 5) is 97.5. The van der Waals surface area contributed by atoms with E-state index in [1.807, 2.05) is 76.7 Å². The monoisotopic (exact) mass is 1250 g/mol. The lowest BCUT2D eigenvalue weighted by Crippen LogP contribution is -2.48. The molecule has 16 nitrogen and oxygen atoms in total. The topological polar surface area (TPSA) is 192 Å². The molecular weight excluding hydrogens is 1160 g/mol. The number of benzene rings is 3. The van der Waals surface area contributed by atoms with Gasteiger partial charge in [0.15, 0.2) is 5.78 Å². The second-order valence-corrected chi connectivity index (χ2v) is 26.6. The van der Waals surface area contributed by atoms with Crippen molar-refractivity contribution in [3.63, 3.8) is 0 Å². The zero-order chi connectivity index (χ0) is 63.7. The van der Waals surface area contributed by atoms with Crippen LogP contribution < -0.4 is 21.1 Å². The summed E-state index contributed by atoms with van der Waals surface area (Å²) in [5.41, 5.74) is 5.44. The van der Waals surface area contributed by atoms with E-state index in [2.05, 4.69) is 64.5 Å². The van der Waals surface area contributed by atoms with E-state index in [1.165, 1.54) is 0 Å². The second kappa shape index (κ2) is 32.4. The summed E-state index contributed by atoms with van der Waals surface area (Å²) in [6.45, 7) is 16.6. The highest BCUT2D eigenvalue weighted by Gasteiger charge is 2.44. The van der Waals surface area contributed by atoms with Crippen molar-refractivity contribution >= 4 is 52.0 Å². The first-order chi connectivity index (χ1) is 42.6. The van der Waals surface area contributed by atoms with Crippen LogP contribution in [0.3, 0.4) is 0 Å². The van der Waals surface area contributed by atoms with Crippen molar-refractivity contribution in [2.75, 3.05) is 89.3 Å². The van der Waals surface area contributed by atoms with Gasteiger partial charge in [-0.05, 0) is 84.7 Å². The van der Waals surface area contributed by atoms with Crippen LogP contribution in [0.2, 0.25) is 0 Å². The quantitative estimate of drug-likeness (QED) is 0.0319. The number of H-pyrrole nitrogens is 1. The molecule has 0 unspecified atom stereocenters. The summed E-state index contributed by atoms with van der Waals surface area (Å²) in [6.07, 6.45) is 7.58. The van der Waals surface area contributed by atoms with Crippen molar-refractivity contribution in [3.05, 3.63) is 123 Å². The number of piperazine rings is 2. The molecule has 5 aromatic rings. The Hall–Kier alpha value is -6.58. The van der Waals surface area contributed by atoms with Crippen molar-refractivity contribution in [3.8, 4) is 21.6 Å². The van der Waals surface area contributed by atoms with Gasteiger partial charge in [0.1, 0.15) is 5.78 Å². The molecule has 0 spiro atoms. The number of aliphatic hydroxyl groups is 1. The first-order valence-electron chi connectivity index (χ1n) is 32.1. The largest absolute Gasteiger partial charge is 0.417 e. The summed E-state index contributed by atoms with van der Waals surface area (Å²) in [6, 6.07) is 21.7. The summed E-state index contributed by atoms with van der Waals surface area (Å²) in [5, 5.41) is 16.5. The van der Waals surface area contributed by atoms with E-state index in [0.717, 1.165) is 161 Å². The number of thiazole rings is 1. The predicted molar refractivity (Wildman–Crippen MR) is 346 cm³/mol. The maximum Gasteiger partial charge on any atom is 0.417 e. The van der Waals surface area contributed by atoms with Crippen LogP contribution in [0, 0.1) is 18.3 Å². The van der Waals surface area contributed by atoms with Gasteiger partial charge in [-0.25, -0.2) is 4.98 Å². The number of pyridine rings is 1. The Labute approximate surface area is 527 Å². The van der Waals surface area contributed by atoms with Gasteiger partial charge in [0, 0.05) is 129 Å². The number of Topliss-reactive ketones (excluding diaryl/α,β-unsaturated/α-hetero) is 2. The van der Waals surface area contributed by atoms with Crippen LogP contribution in [0.1, 0.15) is 150 Å². The third-order valence-corrected chi connectivity index (χ3v) is 18.9. The number of rotatable bonds is 30. The normalized spacial score (nSPS) is 17.4. The minimum absolute atomic E-state index is 0.0609. The van der Waals surface area contributed by atoms with Crippen molar-refractivity contribution in [2.45, 2.75) is 155 Å². The van der Waals surface area contributed by atoms with Gasteiger partial charge in [-0.3, -0.25) is 38.6 Å². The van der Waals surface area contributed by atoms with E-state index in [9.17, 15) is 47.0 Å². The van der Waals surface area contributed by atoms with Crippen LogP contribution >= 0.6 is 11.3 Å². The van der Waals surface area contributed by atoms with E-state index >= 15 is 0 Å². The molecule has 2 aromatic heterocycles. The molecular formula is C69H92F3N9O7S. The molecule has 4 N–H and O–H groups in total. The van der Waals surface area contributed by atoms with E-state index in [0.29, 0.717) is 56.3 Å². The Balaban J connectivity index is 0.661. The van der Waals surface area contributed by atoms with Crippen molar-refractivity contribution in [2.24, 2.45) is 11.3 Å². The number of aromatic amines is 1. The van der Waals surface area contributed by atoms with Crippen LogP contribution in [-0.2, 0) is 38.3 Å². The Morgan fingerprint density at radius 2 is 1.39 bits per heavy atom. The Morgan fingerprint density at radius 1 is 0.753 bits per heavy atom. The maximum atomic E-state index is 14.1. The number of aliphatic hydroxyl groups excluding tert-OH is 1. The molecule has 3 aromatic carbocycles. The lowest BCUT2D eigenvalue weighted by molar-refractivity contribution is -0.145. The van der Waals surface area contributed by atoms with Crippen LogP contribution in [-0.4, -0.2) is 155 Å². The molecule has 8 rings (SSSR count). The number of ketones is 2. The smallest absolute Gasteiger partial charge is 0.391 e. The molecule has 3 atom stereocenters. The number of carbonyl (C=O) groups is 5. The summed E-state index contributed by atoms with van der Waals surface area (Å²) >= 11 is 1.60. The number of hydrogen-bond donors (Lipinski definition) is 4. The third kappa shape index (κ3) is 20.2. The number of β-amino-alcohol motifs (C(OH)–C–C–N with tert-alkyl or cyclic N) is 1. The SMILES string of the molecule is Cc1ncsc1-c1ccc(CCC(=O)[C@@H]2C[C@@H](O)CN2C(=O)[C@@H](CC(=O)CCCCCCCCCCCCC(=O)NCCN2CCN(Cc3cccc(-c4ccc(N5CCN(C)CC5)c(NC(=O)c5c[nH]c(=O)cc5C(F)(F)F)c4)c3)CC2)C(C)(C)C)cc1. The van der Waals surface area contributed by atoms with Gasteiger partial charge in [-0.1, -0.05) is 121 Å². The number of amides is 3. The first-order valence-corrected chi connectivity index (χ1v) is 33.0. The highest BCUT2D eigenvalue weighted by atomic mass is 32.1. The minimum atomic E-state index is -4.90. The predicted octanol–water partition coefficient (Wildman–Crippen LogP) is 11.2. The van der Waals surface area contributed by atoms with E-state index in [1.54, 1.807) is 22.3 Å². The highest BCUT2D eigenvalue weighted by Crippen LogP contribution is 2.37. The van der Waals surface area contributed by atoms with Crippen LogP contribution in [0.5, 0.6) is 0 Å². The number of anilines is 2. The summed E-state index contributed by atoms with van der Waals surface area (Å²) in [5.74, 6) is -1.67. The summed E-state index contributed by atoms with van der Waals surface area (Å²) < 4.78 is 41.9. The summed E-state index contributed by atoms with van der Waals surface area (Å²) in [7, 11) is 2.03. The fourth-order valence-corrected chi connectivity index (χ4v) is 13.3. The number of hydrogen-bond acceptors (Lipinski definition) is 13. The van der Waals surface area contributed by atoms with Gasteiger partial charge in [-0.15, -0.1) is 11.3 Å². The molecule has 3 aliphatic rings. The van der Waals surface area contributed by atoms with Gasteiger partial charge < -0.3 is 35.4 Å². The average Bonchev–Trinajstić information content (AvgIpc) is 2.31. The number of nitrogens with one attached hydrogen (secondary N) is 3. The minimum Gasteiger partial charge on any atom is -0.391 e. The zero-order valence-electron chi connectivity index (χ0n) is 52.7. The van der Waals surface area contributed by atoms with Crippen molar-refractivity contribution in [1.29, 1.82) is 0 Å². The highest BCUT2D eigenvalue weighted by molar-refractivity contribution is 7.13. The molecule has 3 fully saturated rings. The molecule has 0 saturated carbocycles. The number of aromatic nitrogens is 2. The van der Waals surface area contributed by atoms with E-state index < -0.39 is 52.2 Å². The molecule has 89 heavy (non-hydrogen) atoms. The molecule has 0 aliphatic carbocycles. The van der Waals surface area contributed by atoms with E-state index in [4.69, 9.17) is 0 Å². The maximum absolute atomic E-state index is 14.1. The fourth-order valence-electron chi connectivity index (χ4n) is 12.5. The Bertz CT molecular complexity index is 3220. The molecule has 3 aliphatic heterocycles. The number of aryl methyl sites for hydroxylation is 2. The number of likely N-dealkylation sites (tertiary alicyclic amines) is 1. The van der Waals surface area contributed by atoms with Crippen molar-refractivity contribution in [1.82, 2.24) is 34.9 Å². The second-order valence-electron chi connectivity index (χ2n) is 25.8. The molecule has 0 radical (unpaired) electrons. The zero-order valence-corrected chi connectivity index (χ0v) is 53.6. The van der Waals surface area contributed by atoms with Gasteiger partial charge in [0.25, 0.3) is 5.91 Å². The number of likely N-dealkylation sites (N-methyl/N-ethyl adjacent to an activating group) is 1. The molecule has 3 saturated heterocycles. The number of halogens is 3. The van der Waals surface area contributed by atoms with E-state index in [-0.39, 0.29) is 49.2 Å². The Kier molecular flexibility index (Phi) is 24.9. The molecule has 5 heterocycles. The molecule has 3 amide bonds. The fraction of sp³-hybridized carbons (Fsp3) is 0.551. The third-order valence-electron chi connectivity index (χ3n) is 17.9. The van der Waals surface area contributed by atoms with Gasteiger partial charge >= 0.3 is 6.18 Å². The number of unbranched alkanes of at least 4 members (excludes halogenated alkanes) is 9. The average molecular weight is 1250 g/mol. The van der Waals surface area contributed by atoms with Gasteiger partial charge in [0.2, 0.25) is 17.4 Å². The standard InChI is InChI=1S/C69H92F3N9O7S/c1-48-65(89-47-75-48)51-24-21-49(22-25-51)23-28-62(84)61-42-55(83)46-81(61)67(88)58(68(2,3)4)41-54(82)19-14-12-10-8-6-7-9-11-13-15-20-63(85)73-29-30-78-33-35-79(36-34-78)45-50-17-16-18-52(39-50)53-26-27-60(80-37-31-77(5)32-38-80)59(40-53)76-66(87)56-44-74-64(86)43-57(56)69(70,71)72/h16-18,21-22,24-27,39-40,43-44,47,55,58,61,83H,6-15,19-20,23,28-38,41-42,45-46H2,1-5H3,(H,73,85)(H,74,86)(H,76,87)/t55-,58-,61+/m1/s1.